The first-order valence-electron chi connectivity index (χ1n) is 9.69. The van der Waals surface area contributed by atoms with Gasteiger partial charge in [0.1, 0.15) is 0 Å². The van der Waals surface area contributed by atoms with Crippen LogP contribution in [0.1, 0.15) is 22.9 Å². The summed E-state index contributed by atoms with van der Waals surface area (Å²) in [6, 6.07) is 17.4. The first-order valence-corrected chi connectivity index (χ1v) is 9.69. The summed E-state index contributed by atoms with van der Waals surface area (Å²) >= 11 is 0. The normalized spacial score (nSPS) is 17.1. The zero-order chi connectivity index (χ0) is 18.5. The molecule has 1 atom stereocenters. The van der Waals surface area contributed by atoms with E-state index < -0.39 is 0 Å². The van der Waals surface area contributed by atoms with Crippen LogP contribution in [0.5, 0.6) is 0 Å². The fraction of sp³-hybridized carbons (Fsp3) is 0.364. The van der Waals surface area contributed by atoms with Gasteiger partial charge in [0.25, 0.3) is 0 Å². The fourth-order valence-corrected chi connectivity index (χ4v) is 3.94. The number of nitrogens with zero attached hydrogens (tertiary/aromatic N) is 5. The smallest absolute Gasteiger partial charge is 0.0775 e. The molecule has 3 aromatic rings. The topological polar surface area (TPSA) is 37.2 Å². The maximum atomic E-state index is 4.40. The van der Waals surface area contributed by atoms with Crippen molar-refractivity contribution in [2.45, 2.75) is 12.5 Å². The molecule has 2 aromatic heterocycles. The van der Waals surface area contributed by atoms with Gasteiger partial charge in [0.2, 0.25) is 0 Å². The van der Waals surface area contributed by atoms with Crippen molar-refractivity contribution in [3.8, 4) is 0 Å². The maximum absolute atomic E-state index is 4.40. The Morgan fingerprint density at radius 2 is 1.63 bits per heavy atom. The van der Waals surface area contributed by atoms with Gasteiger partial charge in [-0.15, -0.1) is 0 Å². The summed E-state index contributed by atoms with van der Waals surface area (Å²) in [5.41, 5.74) is 3.94. The van der Waals surface area contributed by atoms with Crippen LogP contribution < -0.4 is 0 Å². The Hall–Kier alpha value is -2.50. The van der Waals surface area contributed by atoms with E-state index in [0.29, 0.717) is 0 Å². The molecule has 0 spiro atoms. The second-order valence-electron chi connectivity index (χ2n) is 7.18. The second-order valence-corrected chi connectivity index (χ2v) is 7.18. The van der Waals surface area contributed by atoms with Gasteiger partial charge in [0.15, 0.2) is 0 Å². The van der Waals surface area contributed by atoms with Crippen molar-refractivity contribution in [1.82, 2.24) is 24.6 Å². The molecular weight excluding hydrogens is 334 g/mol. The Morgan fingerprint density at radius 1 is 0.889 bits per heavy atom. The Kier molecular flexibility index (Phi) is 5.61. The first kappa shape index (κ1) is 17.9. The lowest BCUT2D eigenvalue weighted by molar-refractivity contribution is 0.107. The zero-order valence-corrected chi connectivity index (χ0v) is 15.9. The fourth-order valence-electron chi connectivity index (χ4n) is 3.94. The lowest BCUT2D eigenvalue weighted by Crippen LogP contribution is -2.48. The molecule has 0 N–H and O–H groups in total. The van der Waals surface area contributed by atoms with Crippen molar-refractivity contribution in [2.75, 3.05) is 32.7 Å². The van der Waals surface area contributed by atoms with Crippen molar-refractivity contribution in [1.29, 1.82) is 0 Å². The zero-order valence-electron chi connectivity index (χ0n) is 15.9. The quantitative estimate of drug-likeness (QED) is 0.677. The minimum Gasteiger partial charge on any atom is -0.300 e. The molecule has 0 radical (unpaired) electrons. The second kappa shape index (κ2) is 8.46. The molecule has 1 unspecified atom stereocenters. The number of aromatic nitrogens is 3. The van der Waals surface area contributed by atoms with Crippen LogP contribution in [0.15, 0.2) is 67.1 Å². The lowest BCUT2D eigenvalue weighted by atomic mass is 10.0. The molecule has 0 amide bonds. The molecule has 5 heteroatoms. The van der Waals surface area contributed by atoms with Gasteiger partial charge in [-0.3, -0.25) is 14.6 Å². The van der Waals surface area contributed by atoms with E-state index in [1.165, 1.54) is 16.8 Å². The summed E-state index contributed by atoms with van der Waals surface area (Å²) in [6.07, 6.45) is 6.78. The monoisotopic (exact) mass is 361 g/mol. The van der Waals surface area contributed by atoms with Crippen LogP contribution in [0, 0.1) is 0 Å². The third-order valence-electron chi connectivity index (χ3n) is 5.49. The summed E-state index contributed by atoms with van der Waals surface area (Å²) in [5, 5.41) is 4.40. The summed E-state index contributed by atoms with van der Waals surface area (Å²) in [5.74, 6) is 0. The van der Waals surface area contributed by atoms with Crippen LogP contribution in [0.4, 0.5) is 0 Å². The van der Waals surface area contributed by atoms with E-state index in [1.807, 2.05) is 30.3 Å². The molecule has 1 saturated heterocycles. The molecule has 5 nitrogen and oxygen atoms in total. The molecule has 1 aliphatic rings. The third-order valence-corrected chi connectivity index (χ3v) is 5.49. The van der Waals surface area contributed by atoms with Gasteiger partial charge < -0.3 is 4.90 Å². The first-order chi connectivity index (χ1) is 13.3. The van der Waals surface area contributed by atoms with Crippen molar-refractivity contribution in [3.63, 3.8) is 0 Å². The van der Waals surface area contributed by atoms with E-state index in [-0.39, 0.29) is 6.04 Å². The van der Waals surface area contributed by atoms with E-state index in [4.69, 9.17) is 0 Å². The summed E-state index contributed by atoms with van der Waals surface area (Å²) in [6.45, 7) is 5.46. The third kappa shape index (κ3) is 4.26. The van der Waals surface area contributed by atoms with Crippen LogP contribution >= 0.6 is 0 Å². The molecule has 1 fully saturated rings. The Balaban J connectivity index is 1.42. The predicted octanol–water partition coefficient (Wildman–Crippen LogP) is 2.76. The predicted molar refractivity (Wildman–Crippen MR) is 107 cm³/mol. The highest BCUT2D eigenvalue weighted by atomic mass is 15.3. The van der Waals surface area contributed by atoms with Gasteiger partial charge in [0.05, 0.1) is 11.7 Å². The van der Waals surface area contributed by atoms with E-state index in [9.17, 15) is 0 Å². The average molecular weight is 361 g/mol. The van der Waals surface area contributed by atoms with E-state index >= 15 is 0 Å². The number of piperazine rings is 1. The number of benzene rings is 1. The van der Waals surface area contributed by atoms with Crippen molar-refractivity contribution in [2.24, 2.45) is 7.05 Å². The highest BCUT2D eigenvalue weighted by Crippen LogP contribution is 2.28. The van der Waals surface area contributed by atoms with Gasteiger partial charge in [-0.2, -0.15) is 5.10 Å². The largest absolute Gasteiger partial charge is 0.300 e. The highest BCUT2D eigenvalue weighted by Gasteiger charge is 2.28. The van der Waals surface area contributed by atoms with Gasteiger partial charge in [0, 0.05) is 58.4 Å². The molecule has 3 heterocycles. The van der Waals surface area contributed by atoms with Gasteiger partial charge in [-0.1, -0.05) is 30.3 Å². The summed E-state index contributed by atoms with van der Waals surface area (Å²) in [7, 11) is 2.03. The van der Waals surface area contributed by atoms with Gasteiger partial charge in [-0.25, -0.2) is 0 Å². The Bertz CT molecular complexity index is 822. The van der Waals surface area contributed by atoms with Gasteiger partial charge >= 0.3 is 0 Å². The number of hydrogen-bond donors (Lipinski definition) is 0. The van der Waals surface area contributed by atoms with Crippen molar-refractivity contribution >= 4 is 0 Å². The Labute approximate surface area is 161 Å². The summed E-state index contributed by atoms with van der Waals surface area (Å²) in [4.78, 5) is 9.35. The SMILES string of the molecule is Cn1nccc1C(c1ccncc1)N1CCN(CCc2ccccc2)CC1. The lowest BCUT2D eigenvalue weighted by Gasteiger charge is -2.39. The number of rotatable bonds is 6. The number of hydrogen-bond acceptors (Lipinski definition) is 4. The number of pyridine rings is 1. The molecule has 0 aliphatic carbocycles. The van der Waals surface area contributed by atoms with E-state index in [0.717, 1.165) is 39.1 Å². The van der Waals surface area contributed by atoms with E-state index in [1.54, 1.807) is 0 Å². The molecule has 1 aliphatic heterocycles. The molecule has 1 aromatic carbocycles. The summed E-state index contributed by atoms with van der Waals surface area (Å²) < 4.78 is 1.99. The van der Waals surface area contributed by atoms with E-state index in [2.05, 4.69) is 68.4 Å². The van der Waals surface area contributed by atoms with Crippen LogP contribution in [-0.4, -0.2) is 57.3 Å². The number of aryl methyl sites for hydroxylation is 1. The van der Waals surface area contributed by atoms with Crippen LogP contribution in [0.3, 0.4) is 0 Å². The minimum absolute atomic E-state index is 0.233. The van der Waals surface area contributed by atoms with Crippen LogP contribution in [0.2, 0.25) is 0 Å². The molecule has 0 bridgehead atoms. The van der Waals surface area contributed by atoms with Crippen molar-refractivity contribution in [3.05, 3.63) is 83.9 Å². The Morgan fingerprint density at radius 3 is 2.30 bits per heavy atom. The standard InChI is InChI=1S/C22H27N5/c1-25-21(9-13-24-25)22(20-7-11-23-12-8-20)27-17-15-26(16-18-27)14-10-19-5-3-2-4-6-19/h2-9,11-13,22H,10,14-18H2,1H3. The molecule has 4 rings (SSSR count). The molecule has 27 heavy (non-hydrogen) atoms. The highest BCUT2D eigenvalue weighted by molar-refractivity contribution is 5.26. The maximum Gasteiger partial charge on any atom is 0.0775 e. The molecule has 0 saturated carbocycles. The van der Waals surface area contributed by atoms with Crippen LogP contribution in [0.25, 0.3) is 0 Å². The molecular formula is C22H27N5. The van der Waals surface area contributed by atoms with Crippen molar-refractivity contribution < 1.29 is 0 Å². The van der Waals surface area contributed by atoms with Gasteiger partial charge in [-0.05, 0) is 35.7 Å². The minimum atomic E-state index is 0.233. The molecule has 140 valence electrons. The average Bonchev–Trinajstić information content (AvgIpc) is 3.15. The van der Waals surface area contributed by atoms with Crippen LogP contribution in [-0.2, 0) is 13.5 Å².